The lowest BCUT2D eigenvalue weighted by Gasteiger charge is -2.50. The van der Waals surface area contributed by atoms with Crippen LogP contribution in [0.25, 0.3) is 11.4 Å². The molecule has 0 radical (unpaired) electrons. The lowest BCUT2D eigenvalue weighted by atomic mass is 9.72. The van der Waals surface area contributed by atoms with Crippen LogP contribution in [0.2, 0.25) is 5.02 Å². The number of likely N-dealkylation sites (tertiary alicyclic amines) is 1. The minimum Gasteiger partial charge on any atom is -0.342 e. The summed E-state index contributed by atoms with van der Waals surface area (Å²) < 4.78 is 35.2. The average molecular weight is 519 g/mol. The Labute approximate surface area is 219 Å². The van der Waals surface area contributed by atoms with E-state index in [1.54, 1.807) is 12.1 Å². The SMILES string of the molecule is CC(C)(F)[C@H](c1cc(F)cc(-c2ncon2)c1)C1CN([C@@H](c2ccc(Cl)cc2)c2cccc(C#N)c2)C1. The summed E-state index contributed by atoms with van der Waals surface area (Å²) in [5, 5.41) is 13.9. The van der Waals surface area contributed by atoms with Crippen LogP contribution >= 0.6 is 11.6 Å². The van der Waals surface area contributed by atoms with Gasteiger partial charge in [-0.3, -0.25) is 4.90 Å². The van der Waals surface area contributed by atoms with Gasteiger partial charge in [0.25, 0.3) is 0 Å². The molecule has 37 heavy (non-hydrogen) atoms. The van der Waals surface area contributed by atoms with Gasteiger partial charge < -0.3 is 4.52 Å². The molecule has 8 heteroatoms. The summed E-state index contributed by atoms with van der Waals surface area (Å²) in [5.74, 6) is -0.836. The zero-order chi connectivity index (χ0) is 26.2. The minimum absolute atomic E-state index is 0.0612. The standard InChI is InChI=1S/C29H25ClF2N4O/c1-29(2,32)26(21-11-22(13-25(31)12-21)28-34-17-37-35-28)23-15-36(16-23)27(19-6-8-24(30)9-7-19)20-5-3-4-18(10-20)14-33/h3-13,17,23,26-27H,15-16H2,1-2H3/t26-,27+/m1/s1. The van der Waals surface area contributed by atoms with E-state index < -0.39 is 17.4 Å². The fourth-order valence-corrected chi connectivity index (χ4v) is 5.58. The van der Waals surface area contributed by atoms with Crippen molar-refractivity contribution in [2.45, 2.75) is 31.5 Å². The second-order valence-electron chi connectivity index (χ2n) is 9.98. The molecule has 1 saturated heterocycles. The van der Waals surface area contributed by atoms with Gasteiger partial charge in [-0.2, -0.15) is 10.2 Å². The van der Waals surface area contributed by atoms with Gasteiger partial charge in [0.15, 0.2) is 0 Å². The summed E-state index contributed by atoms with van der Waals surface area (Å²) in [7, 11) is 0. The first-order valence-electron chi connectivity index (χ1n) is 12.0. The van der Waals surface area contributed by atoms with E-state index >= 15 is 4.39 Å². The topological polar surface area (TPSA) is 66.0 Å². The Hall–Kier alpha value is -3.60. The number of rotatable bonds is 7. The molecule has 0 bridgehead atoms. The van der Waals surface area contributed by atoms with Gasteiger partial charge >= 0.3 is 0 Å². The molecule has 0 aliphatic carbocycles. The Morgan fingerprint density at radius 3 is 2.46 bits per heavy atom. The average Bonchev–Trinajstić information content (AvgIpc) is 3.38. The first-order chi connectivity index (χ1) is 17.7. The number of nitriles is 1. The molecule has 1 aliphatic rings. The highest BCUT2D eigenvalue weighted by Gasteiger charge is 2.45. The third kappa shape index (κ3) is 5.27. The fraction of sp³-hybridized carbons (Fsp3) is 0.276. The number of hydrogen-bond acceptors (Lipinski definition) is 5. The van der Waals surface area contributed by atoms with Gasteiger partial charge in [-0.25, -0.2) is 8.78 Å². The molecule has 2 heterocycles. The maximum atomic E-state index is 15.7. The van der Waals surface area contributed by atoms with E-state index in [9.17, 15) is 9.65 Å². The third-order valence-corrected chi connectivity index (χ3v) is 7.18. The van der Waals surface area contributed by atoms with Crippen molar-refractivity contribution < 1.29 is 13.3 Å². The van der Waals surface area contributed by atoms with E-state index in [2.05, 4.69) is 21.1 Å². The Kier molecular flexibility index (Phi) is 6.80. The van der Waals surface area contributed by atoms with Crippen LogP contribution in [0.4, 0.5) is 8.78 Å². The normalized spacial score (nSPS) is 16.1. The number of halogens is 3. The van der Waals surface area contributed by atoms with E-state index in [4.69, 9.17) is 16.1 Å². The van der Waals surface area contributed by atoms with Crippen LogP contribution in [-0.2, 0) is 0 Å². The van der Waals surface area contributed by atoms with Crippen molar-refractivity contribution in [2.24, 2.45) is 5.92 Å². The molecule has 4 aromatic rings. The second-order valence-corrected chi connectivity index (χ2v) is 10.4. The second kappa shape index (κ2) is 10.0. The van der Waals surface area contributed by atoms with Crippen molar-refractivity contribution in [3.8, 4) is 17.5 Å². The summed E-state index contributed by atoms with van der Waals surface area (Å²) in [6, 6.07) is 21.7. The van der Waals surface area contributed by atoms with Crippen molar-refractivity contribution in [3.63, 3.8) is 0 Å². The number of hydrogen-bond donors (Lipinski definition) is 0. The summed E-state index contributed by atoms with van der Waals surface area (Å²) in [6.45, 7) is 4.25. The highest BCUT2D eigenvalue weighted by molar-refractivity contribution is 6.30. The van der Waals surface area contributed by atoms with Crippen LogP contribution in [0.3, 0.4) is 0 Å². The number of nitrogens with zero attached hydrogens (tertiary/aromatic N) is 4. The molecular weight excluding hydrogens is 494 g/mol. The Bertz CT molecular complexity index is 1420. The molecule has 0 N–H and O–H groups in total. The molecule has 0 amide bonds. The number of aromatic nitrogens is 2. The van der Waals surface area contributed by atoms with E-state index in [1.807, 2.05) is 42.5 Å². The van der Waals surface area contributed by atoms with Crippen LogP contribution in [0.15, 0.2) is 77.6 Å². The Balaban J connectivity index is 1.47. The smallest absolute Gasteiger partial charge is 0.214 e. The van der Waals surface area contributed by atoms with Crippen molar-refractivity contribution >= 4 is 11.6 Å². The maximum Gasteiger partial charge on any atom is 0.214 e. The maximum absolute atomic E-state index is 15.7. The molecule has 1 aromatic heterocycles. The molecule has 0 saturated carbocycles. The summed E-state index contributed by atoms with van der Waals surface area (Å²) in [4.78, 5) is 6.27. The van der Waals surface area contributed by atoms with Crippen molar-refractivity contribution in [3.05, 3.63) is 106 Å². The number of benzene rings is 3. The number of alkyl halides is 1. The van der Waals surface area contributed by atoms with Crippen molar-refractivity contribution in [1.82, 2.24) is 15.0 Å². The molecule has 1 fully saturated rings. The van der Waals surface area contributed by atoms with E-state index in [0.717, 1.165) is 11.1 Å². The lowest BCUT2D eigenvalue weighted by molar-refractivity contribution is 0.00814. The van der Waals surface area contributed by atoms with Gasteiger partial charge in [-0.05, 0) is 78.9 Å². The molecule has 1 aliphatic heterocycles. The first kappa shape index (κ1) is 25.1. The first-order valence-corrected chi connectivity index (χ1v) is 12.4. The van der Waals surface area contributed by atoms with E-state index in [-0.39, 0.29) is 17.8 Å². The van der Waals surface area contributed by atoms with E-state index in [0.29, 0.717) is 34.8 Å². The molecule has 2 atom stereocenters. The van der Waals surface area contributed by atoms with Gasteiger partial charge in [-0.1, -0.05) is 41.0 Å². The van der Waals surface area contributed by atoms with Crippen molar-refractivity contribution in [2.75, 3.05) is 13.1 Å². The molecular formula is C29H25ClF2N4O. The molecule has 3 aromatic carbocycles. The fourth-order valence-electron chi connectivity index (χ4n) is 5.46. The van der Waals surface area contributed by atoms with E-state index in [1.165, 1.54) is 32.4 Å². The molecule has 188 valence electrons. The van der Waals surface area contributed by atoms with Gasteiger partial charge in [0.05, 0.1) is 17.7 Å². The Morgan fingerprint density at radius 2 is 1.81 bits per heavy atom. The van der Waals surface area contributed by atoms with Gasteiger partial charge in [0.1, 0.15) is 11.5 Å². The van der Waals surface area contributed by atoms with Gasteiger partial charge in [0, 0.05) is 29.6 Å². The molecule has 5 nitrogen and oxygen atoms in total. The van der Waals surface area contributed by atoms with Crippen LogP contribution < -0.4 is 0 Å². The monoisotopic (exact) mass is 518 g/mol. The lowest BCUT2D eigenvalue weighted by Crippen LogP contribution is -2.53. The van der Waals surface area contributed by atoms with Crippen LogP contribution in [0, 0.1) is 23.1 Å². The molecule has 0 spiro atoms. The highest BCUT2D eigenvalue weighted by atomic mass is 35.5. The zero-order valence-electron chi connectivity index (χ0n) is 20.4. The summed E-state index contributed by atoms with van der Waals surface area (Å²) in [6.07, 6.45) is 1.18. The van der Waals surface area contributed by atoms with Gasteiger partial charge in [0.2, 0.25) is 12.2 Å². The van der Waals surface area contributed by atoms with Crippen molar-refractivity contribution in [1.29, 1.82) is 5.26 Å². The third-order valence-electron chi connectivity index (χ3n) is 6.93. The minimum atomic E-state index is -1.60. The highest BCUT2D eigenvalue weighted by Crippen LogP contribution is 2.46. The zero-order valence-corrected chi connectivity index (χ0v) is 21.2. The van der Waals surface area contributed by atoms with Gasteiger partial charge in [-0.15, -0.1) is 0 Å². The quantitative estimate of drug-likeness (QED) is 0.265. The van der Waals surface area contributed by atoms with Crippen LogP contribution in [-0.4, -0.2) is 33.8 Å². The largest absolute Gasteiger partial charge is 0.342 e. The summed E-state index contributed by atoms with van der Waals surface area (Å²) >= 11 is 6.14. The molecule has 0 unspecified atom stereocenters. The Morgan fingerprint density at radius 1 is 1.05 bits per heavy atom. The molecule has 5 rings (SSSR count). The summed E-state index contributed by atoms with van der Waals surface area (Å²) in [5.41, 5.74) is 1.98. The van der Waals surface area contributed by atoms with Crippen LogP contribution in [0.5, 0.6) is 0 Å². The predicted octanol–water partition coefficient (Wildman–Crippen LogP) is 6.95. The van der Waals surface area contributed by atoms with Crippen LogP contribution in [0.1, 0.15) is 48.1 Å². The predicted molar refractivity (Wildman–Crippen MR) is 137 cm³/mol.